The van der Waals surface area contributed by atoms with Crippen molar-refractivity contribution in [2.24, 2.45) is 4.99 Å². The van der Waals surface area contributed by atoms with Crippen LogP contribution in [-0.2, 0) is 14.4 Å². The van der Waals surface area contributed by atoms with Gasteiger partial charge in [0.25, 0.3) is 0 Å². The number of aliphatic carboxylic acids is 1. The number of nitrogens with one attached hydrogen (secondary N) is 1. The highest BCUT2D eigenvalue weighted by Gasteiger charge is 2.32. The van der Waals surface area contributed by atoms with Gasteiger partial charge in [0.2, 0.25) is 11.8 Å². The Bertz CT molecular complexity index is 918. The maximum Gasteiger partial charge on any atom is 0.304 e. The Kier molecular flexibility index (Phi) is 10.1. The van der Waals surface area contributed by atoms with Gasteiger partial charge in [-0.1, -0.05) is 42.3 Å². The molecule has 2 rings (SSSR count). The number of allylic oxidation sites excluding steroid dienone is 4. The summed E-state index contributed by atoms with van der Waals surface area (Å²) in [6, 6.07) is 7.52. The molecule has 1 heterocycles. The summed E-state index contributed by atoms with van der Waals surface area (Å²) in [7, 11) is 0. The number of para-hydroxylation sites is 1. The van der Waals surface area contributed by atoms with Gasteiger partial charge < -0.3 is 15.3 Å². The van der Waals surface area contributed by atoms with E-state index in [1.165, 1.54) is 6.08 Å². The Morgan fingerprint density at radius 3 is 2.75 bits per heavy atom. The number of rotatable bonds is 12. The zero-order chi connectivity index (χ0) is 23.3. The quantitative estimate of drug-likeness (QED) is 0.224. The van der Waals surface area contributed by atoms with Crippen LogP contribution >= 0.6 is 0 Å². The molecular weight excluding hydrogens is 406 g/mol. The maximum absolute atomic E-state index is 12.7. The lowest BCUT2D eigenvalue weighted by atomic mass is 9.98. The van der Waals surface area contributed by atoms with Gasteiger partial charge in [-0.05, 0) is 44.2 Å². The first-order valence-electron chi connectivity index (χ1n) is 10.8. The second-order valence-corrected chi connectivity index (χ2v) is 7.73. The fourth-order valence-electron chi connectivity index (χ4n) is 3.62. The molecule has 0 aromatic heterocycles. The van der Waals surface area contributed by atoms with Crippen LogP contribution in [0.4, 0.5) is 5.69 Å². The Morgan fingerprint density at radius 1 is 1.22 bits per heavy atom. The number of hydrogen-bond acceptors (Lipinski definition) is 4. The Labute approximate surface area is 189 Å². The molecule has 1 atom stereocenters. The van der Waals surface area contributed by atoms with E-state index in [2.05, 4.69) is 17.0 Å². The van der Waals surface area contributed by atoms with Crippen molar-refractivity contribution in [1.29, 1.82) is 0 Å². The summed E-state index contributed by atoms with van der Waals surface area (Å²) in [5.41, 5.74) is 2.67. The molecule has 1 aliphatic heterocycles. The molecule has 0 aliphatic carbocycles. The van der Waals surface area contributed by atoms with Crippen LogP contribution in [0.25, 0.3) is 0 Å². The molecule has 170 valence electrons. The molecule has 0 bridgehead atoms. The highest BCUT2D eigenvalue weighted by Crippen LogP contribution is 2.38. The highest BCUT2D eigenvalue weighted by molar-refractivity contribution is 5.96. The number of unbranched alkanes of at least 4 members (excludes halogenated alkanes) is 2. The van der Waals surface area contributed by atoms with Crippen molar-refractivity contribution in [3.63, 3.8) is 0 Å². The summed E-state index contributed by atoms with van der Waals surface area (Å²) in [6.45, 7) is 6.20. The molecule has 1 aromatic rings. The third-order valence-corrected chi connectivity index (χ3v) is 5.21. The van der Waals surface area contributed by atoms with Crippen molar-refractivity contribution in [3.8, 4) is 0 Å². The van der Waals surface area contributed by atoms with Crippen LogP contribution in [0.5, 0.6) is 0 Å². The second-order valence-electron chi connectivity index (χ2n) is 7.73. The van der Waals surface area contributed by atoms with Crippen molar-refractivity contribution >= 4 is 30.2 Å². The van der Waals surface area contributed by atoms with Gasteiger partial charge in [0.1, 0.15) is 0 Å². The lowest BCUT2D eigenvalue weighted by Crippen LogP contribution is -2.30. The average molecular weight is 438 g/mol. The van der Waals surface area contributed by atoms with Gasteiger partial charge in [0.15, 0.2) is 0 Å². The van der Waals surface area contributed by atoms with E-state index in [0.717, 1.165) is 36.1 Å². The molecule has 2 amide bonds. The van der Waals surface area contributed by atoms with Crippen LogP contribution < -0.4 is 10.2 Å². The number of aliphatic imine (C=N–C) groups is 1. The number of carboxylic acid groups (broad SMARTS) is 1. The first-order valence-corrected chi connectivity index (χ1v) is 10.8. The number of fused-ring (bicyclic) bond motifs is 1. The molecule has 2 N–H and O–H groups in total. The summed E-state index contributed by atoms with van der Waals surface area (Å²) in [5.74, 6) is -1.16. The first-order chi connectivity index (χ1) is 15.4. The molecule has 7 heteroatoms. The highest BCUT2D eigenvalue weighted by atomic mass is 16.4. The molecule has 32 heavy (non-hydrogen) atoms. The van der Waals surface area contributed by atoms with Crippen LogP contribution in [0.2, 0.25) is 0 Å². The third kappa shape index (κ3) is 7.98. The monoisotopic (exact) mass is 437 g/mol. The molecule has 1 unspecified atom stereocenters. The Hall–Kier alpha value is -3.48. The number of carbonyl (C=O) groups excluding carboxylic acids is 2. The fraction of sp³-hybridized carbons (Fsp3) is 0.360. The summed E-state index contributed by atoms with van der Waals surface area (Å²) < 4.78 is 0. The van der Waals surface area contributed by atoms with Crippen LogP contribution in [0, 0.1) is 0 Å². The number of carboxylic acids is 1. The van der Waals surface area contributed by atoms with E-state index in [1.54, 1.807) is 23.3 Å². The van der Waals surface area contributed by atoms with E-state index in [9.17, 15) is 14.4 Å². The molecule has 0 radical (unpaired) electrons. The molecule has 0 fully saturated rings. The number of anilines is 1. The number of hydrogen-bond donors (Lipinski definition) is 2. The molecule has 0 spiro atoms. The fourth-order valence-corrected chi connectivity index (χ4v) is 3.62. The second kappa shape index (κ2) is 13.0. The number of carbonyl (C=O) groups is 3. The molecule has 7 nitrogen and oxygen atoms in total. The average Bonchev–Trinajstić information content (AvgIpc) is 3.12. The van der Waals surface area contributed by atoms with Crippen LogP contribution in [0.3, 0.4) is 0 Å². The van der Waals surface area contributed by atoms with Gasteiger partial charge in [-0.3, -0.25) is 19.4 Å². The van der Waals surface area contributed by atoms with E-state index < -0.39 is 5.97 Å². The van der Waals surface area contributed by atoms with Crippen molar-refractivity contribution in [3.05, 3.63) is 65.9 Å². The van der Waals surface area contributed by atoms with E-state index in [1.807, 2.05) is 37.3 Å². The lowest BCUT2D eigenvalue weighted by Gasteiger charge is -2.17. The van der Waals surface area contributed by atoms with Crippen LogP contribution in [0.1, 0.15) is 50.5 Å². The van der Waals surface area contributed by atoms with Crippen molar-refractivity contribution in [1.82, 2.24) is 5.32 Å². The predicted molar refractivity (Wildman–Crippen MR) is 127 cm³/mol. The lowest BCUT2D eigenvalue weighted by molar-refractivity contribution is -0.137. The molecule has 0 saturated carbocycles. The van der Waals surface area contributed by atoms with Crippen molar-refractivity contribution in [2.45, 2.75) is 44.9 Å². The first kappa shape index (κ1) is 24.8. The molecule has 1 aliphatic rings. The Morgan fingerprint density at radius 2 is 2.00 bits per heavy atom. The van der Waals surface area contributed by atoms with Gasteiger partial charge in [0, 0.05) is 43.4 Å². The minimum absolute atomic E-state index is 0.0141. The van der Waals surface area contributed by atoms with Crippen molar-refractivity contribution in [2.75, 3.05) is 18.0 Å². The zero-order valence-electron chi connectivity index (χ0n) is 18.5. The number of amides is 2. The van der Waals surface area contributed by atoms with Gasteiger partial charge in [0.05, 0.1) is 6.42 Å². The topological polar surface area (TPSA) is 99.1 Å². The van der Waals surface area contributed by atoms with Crippen LogP contribution in [0.15, 0.2) is 65.3 Å². The number of nitrogens with zero attached hydrogens (tertiary/aromatic N) is 2. The molecule has 0 saturated heterocycles. The summed E-state index contributed by atoms with van der Waals surface area (Å²) in [6.07, 6.45) is 11.1. The van der Waals surface area contributed by atoms with E-state index in [0.29, 0.717) is 19.5 Å². The summed E-state index contributed by atoms with van der Waals surface area (Å²) >= 11 is 0. The maximum atomic E-state index is 12.7. The smallest absolute Gasteiger partial charge is 0.304 e. The Balaban J connectivity index is 1.69. The summed E-state index contributed by atoms with van der Waals surface area (Å²) in [4.78, 5) is 41.0. The van der Waals surface area contributed by atoms with Gasteiger partial charge in [-0.15, -0.1) is 0 Å². The van der Waals surface area contributed by atoms with Gasteiger partial charge >= 0.3 is 5.97 Å². The van der Waals surface area contributed by atoms with Crippen LogP contribution in [-0.4, -0.2) is 42.7 Å². The zero-order valence-corrected chi connectivity index (χ0v) is 18.5. The molecule has 1 aromatic carbocycles. The largest absolute Gasteiger partial charge is 0.481 e. The van der Waals surface area contributed by atoms with Gasteiger partial charge in [-0.25, -0.2) is 0 Å². The summed E-state index contributed by atoms with van der Waals surface area (Å²) in [5, 5.41) is 12.0. The molecular formula is C25H31N3O4. The minimum atomic E-state index is -0.857. The normalized spacial score (nSPS) is 15.8. The predicted octanol–water partition coefficient (Wildman–Crippen LogP) is 3.98. The standard InChI is InChI=1S/C25H31N3O4/c1-19(9-8-15-26-2)13-14-23(29)27-16-7-3-4-12-24(30)28-18-20(17-25(31)32)21-10-5-6-11-22(21)28/h5-6,8-11,13-15,20H,2-4,7,12,16-18H2,1H3,(H,27,29)(H,31,32)/b14-13+,15-8-,19-9+. The number of benzene rings is 1. The van der Waals surface area contributed by atoms with Crippen molar-refractivity contribution < 1.29 is 19.5 Å². The van der Waals surface area contributed by atoms with Gasteiger partial charge in [-0.2, -0.15) is 0 Å². The third-order valence-electron chi connectivity index (χ3n) is 5.21. The minimum Gasteiger partial charge on any atom is -0.481 e. The van der Waals surface area contributed by atoms with E-state index in [-0.39, 0.29) is 24.2 Å². The SMILES string of the molecule is C=N\C=C/C=C(C)/C=C/C(=O)NCCCCCC(=O)N1CC(CC(=O)O)c2ccccc21. The van der Waals surface area contributed by atoms with E-state index >= 15 is 0 Å². The van der Waals surface area contributed by atoms with E-state index in [4.69, 9.17) is 5.11 Å².